The van der Waals surface area contributed by atoms with Crippen LogP contribution in [0.1, 0.15) is 40.0 Å². The number of ether oxygens (including phenoxy) is 3. The zero-order valence-electron chi connectivity index (χ0n) is 23.0. The van der Waals surface area contributed by atoms with Crippen molar-refractivity contribution in [1.29, 1.82) is 0 Å². The zero-order chi connectivity index (χ0) is 29.5. The predicted molar refractivity (Wildman–Crippen MR) is 148 cm³/mol. The summed E-state index contributed by atoms with van der Waals surface area (Å²) >= 11 is 0. The van der Waals surface area contributed by atoms with E-state index in [0.29, 0.717) is 17.0 Å². The molecule has 2 amide bonds. The second-order valence-corrected chi connectivity index (χ2v) is 9.92. The van der Waals surface area contributed by atoms with E-state index in [0.717, 1.165) is 16.9 Å². The molecule has 0 saturated carbocycles. The summed E-state index contributed by atoms with van der Waals surface area (Å²) in [4.78, 5) is 55.8. The van der Waals surface area contributed by atoms with Gasteiger partial charge in [-0.15, -0.1) is 0 Å². The van der Waals surface area contributed by atoms with Gasteiger partial charge in [0.15, 0.2) is 5.54 Å². The Bertz CT molecular complexity index is 1520. The Morgan fingerprint density at radius 3 is 2.20 bits per heavy atom. The van der Waals surface area contributed by atoms with E-state index >= 15 is 0 Å². The second kappa shape index (κ2) is 10.7. The molecule has 41 heavy (non-hydrogen) atoms. The summed E-state index contributed by atoms with van der Waals surface area (Å²) in [6, 6.07) is 17.2. The Morgan fingerprint density at radius 1 is 0.951 bits per heavy atom. The number of carboxylic acid groups (broad SMARTS) is 1. The van der Waals surface area contributed by atoms with Crippen LogP contribution in [0.4, 0.5) is 5.69 Å². The van der Waals surface area contributed by atoms with Crippen molar-refractivity contribution in [2.24, 2.45) is 11.8 Å². The molecular formula is C31H30N2O8. The van der Waals surface area contributed by atoms with Crippen molar-refractivity contribution in [3.8, 4) is 11.5 Å². The third-order valence-electron chi connectivity index (χ3n) is 8.02. The smallest absolute Gasteiger partial charge is 0.341 e. The van der Waals surface area contributed by atoms with E-state index in [-0.39, 0.29) is 16.9 Å². The van der Waals surface area contributed by atoms with Crippen LogP contribution < -0.4 is 19.7 Å². The maximum Gasteiger partial charge on any atom is 0.341 e. The molecule has 4 atom stereocenters. The maximum absolute atomic E-state index is 14.2. The third-order valence-corrected chi connectivity index (χ3v) is 8.02. The average molecular weight is 559 g/mol. The molecule has 0 spiro atoms. The number of rotatable bonds is 8. The fourth-order valence-corrected chi connectivity index (χ4v) is 6.05. The summed E-state index contributed by atoms with van der Waals surface area (Å²) in [5.74, 6) is -5.44. The van der Waals surface area contributed by atoms with Crippen molar-refractivity contribution in [2.75, 3.05) is 26.2 Å². The topological polar surface area (TPSA) is 131 Å². The molecule has 2 heterocycles. The first-order valence-corrected chi connectivity index (χ1v) is 13.1. The standard InChI is InChI=1S/C31H30N2O8/c1-5-17-11-13-19(14-12-17)33-27(34)24-25(28(33)35)31(30(37)38,18-9-7-6-8-10-18)32-26(24)21-15-20(39-2)16-22(40-3)23(21)29(36)41-4/h6-16,24-26,32H,5H2,1-4H3,(H,37,38). The van der Waals surface area contributed by atoms with Gasteiger partial charge in [0.05, 0.1) is 38.9 Å². The fourth-order valence-electron chi connectivity index (χ4n) is 6.05. The molecule has 2 aliphatic heterocycles. The number of amides is 2. The molecule has 2 fully saturated rings. The second-order valence-electron chi connectivity index (χ2n) is 9.92. The Hall–Kier alpha value is -4.70. The van der Waals surface area contributed by atoms with Crippen LogP contribution in [-0.2, 0) is 31.1 Å². The molecule has 0 aliphatic carbocycles. The number of imide groups is 1. The first-order valence-electron chi connectivity index (χ1n) is 13.1. The van der Waals surface area contributed by atoms with Gasteiger partial charge >= 0.3 is 11.9 Å². The molecule has 2 N–H and O–H groups in total. The van der Waals surface area contributed by atoms with Crippen molar-refractivity contribution in [3.05, 3.63) is 89.0 Å². The quantitative estimate of drug-likeness (QED) is 0.315. The molecule has 2 saturated heterocycles. The Balaban J connectivity index is 1.78. The van der Waals surface area contributed by atoms with Gasteiger partial charge in [0.1, 0.15) is 17.1 Å². The van der Waals surface area contributed by atoms with Crippen LogP contribution in [0, 0.1) is 11.8 Å². The fraction of sp³-hybridized carbons (Fsp3) is 0.290. The average Bonchev–Trinajstić information content (AvgIpc) is 3.50. The van der Waals surface area contributed by atoms with Crippen LogP contribution in [0.2, 0.25) is 0 Å². The molecule has 3 aromatic carbocycles. The molecule has 0 aromatic heterocycles. The van der Waals surface area contributed by atoms with E-state index in [9.17, 15) is 24.3 Å². The Morgan fingerprint density at radius 2 is 1.63 bits per heavy atom. The van der Waals surface area contributed by atoms with Crippen LogP contribution in [0.5, 0.6) is 11.5 Å². The molecule has 3 aromatic rings. The van der Waals surface area contributed by atoms with Gasteiger partial charge in [-0.25, -0.2) is 14.5 Å². The van der Waals surface area contributed by atoms with Crippen LogP contribution in [-0.4, -0.2) is 50.2 Å². The van der Waals surface area contributed by atoms with E-state index in [2.05, 4.69) is 5.32 Å². The monoisotopic (exact) mass is 558 g/mol. The first kappa shape index (κ1) is 27.9. The Labute approximate surface area is 236 Å². The first-order chi connectivity index (χ1) is 19.7. The zero-order valence-corrected chi connectivity index (χ0v) is 23.0. The van der Waals surface area contributed by atoms with E-state index in [1.807, 2.05) is 19.1 Å². The molecular weight excluding hydrogens is 528 g/mol. The minimum atomic E-state index is -1.99. The number of aliphatic carboxylic acids is 1. The molecule has 0 radical (unpaired) electrons. The summed E-state index contributed by atoms with van der Waals surface area (Å²) < 4.78 is 16.0. The van der Waals surface area contributed by atoms with Crippen molar-refractivity contribution >= 4 is 29.4 Å². The molecule has 212 valence electrons. The van der Waals surface area contributed by atoms with Crippen LogP contribution in [0.15, 0.2) is 66.7 Å². The molecule has 4 unspecified atom stereocenters. The van der Waals surface area contributed by atoms with Crippen molar-refractivity contribution in [3.63, 3.8) is 0 Å². The largest absolute Gasteiger partial charge is 0.497 e. The highest BCUT2D eigenvalue weighted by atomic mass is 16.5. The number of anilines is 1. The number of methoxy groups -OCH3 is 3. The number of carboxylic acids is 1. The summed E-state index contributed by atoms with van der Waals surface area (Å²) in [6.45, 7) is 1.99. The number of fused-ring (bicyclic) bond motifs is 1. The molecule has 0 bridgehead atoms. The molecule has 10 heteroatoms. The summed E-state index contributed by atoms with van der Waals surface area (Å²) in [7, 11) is 4.00. The third kappa shape index (κ3) is 4.22. The lowest BCUT2D eigenvalue weighted by Crippen LogP contribution is -2.53. The lowest BCUT2D eigenvalue weighted by molar-refractivity contribution is -0.149. The summed E-state index contributed by atoms with van der Waals surface area (Å²) in [6.07, 6.45) is 0.767. The van der Waals surface area contributed by atoms with E-state index in [1.54, 1.807) is 42.5 Å². The minimum absolute atomic E-state index is 0.00713. The lowest BCUT2D eigenvalue weighted by Gasteiger charge is -2.32. The highest BCUT2D eigenvalue weighted by Gasteiger charge is 2.69. The van der Waals surface area contributed by atoms with Crippen molar-refractivity contribution < 1.29 is 38.5 Å². The predicted octanol–water partition coefficient (Wildman–Crippen LogP) is 3.48. The van der Waals surface area contributed by atoms with Crippen LogP contribution >= 0.6 is 0 Å². The molecule has 5 rings (SSSR count). The lowest BCUT2D eigenvalue weighted by atomic mass is 9.75. The van der Waals surface area contributed by atoms with Crippen LogP contribution in [0.3, 0.4) is 0 Å². The van der Waals surface area contributed by atoms with Gasteiger partial charge in [0.25, 0.3) is 0 Å². The maximum atomic E-state index is 14.2. The molecule has 10 nitrogen and oxygen atoms in total. The number of carbonyl (C=O) groups is 4. The van der Waals surface area contributed by atoms with Gasteiger partial charge in [0.2, 0.25) is 11.8 Å². The van der Waals surface area contributed by atoms with E-state index < -0.39 is 47.2 Å². The number of aryl methyl sites for hydroxylation is 1. The SMILES string of the molecule is CCc1ccc(N2C(=O)C3C(c4cc(OC)cc(OC)c4C(=O)OC)NC(C(=O)O)(c4ccccc4)C3C2=O)cc1. The van der Waals surface area contributed by atoms with Gasteiger partial charge < -0.3 is 19.3 Å². The van der Waals surface area contributed by atoms with Crippen molar-refractivity contribution in [1.82, 2.24) is 5.32 Å². The normalized spacial score (nSPS) is 23.3. The van der Waals surface area contributed by atoms with Crippen LogP contribution in [0.25, 0.3) is 0 Å². The number of nitrogens with zero attached hydrogens (tertiary/aromatic N) is 1. The van der Waals surface area contributed by atoms with Gasteiger partial charge in [0, 0.05) is 12.1 Å². The molecule has 2 aliphatic rings. The number of nitrogens with one attached hydrogen (secondary N) is 1. The number of carbonyl (C=O) groups excluding carboxylic acids is 3. The minimum Gasteiger partial charge on any atom is -0.497 e. The van der Waals surface area contributed by atoms with Crippen molar-refractivity contribution in [2.45, 2.75) is 24.9 Å². The number of hydrogen-bond acceptors (Lipinski definition) is 8. The summed E-state index contributed by atoms with van der Waals surface area (Å²) in [5, 5.41) is 13.9. The number of esters is 1. The van der Waals surface area contributed by atoms with Gasteiger partial charge in [-0.1, -0.05) is 49.4 Å². The van der Waals surface area contributed by atoms with Gasteiger partial charge in [-0.3, -0.25) is 14.9 Å². The Kier molecular flexibility index (Phi) is 7.27. The van der Waals surface area contributed by atoms with E-state index in [4.69, 9.17) is 14.2 Å². The number of hydrogen-bond donors (Lipinski definition) is 2. The highest BCUT2D eigenvalue weighted by molar-refractivity contribution is 6.24. The number of benzene rings is 3. The van der Waals surface area contributed by atoms with E-state index in [1.165, 1.54) is 33.5 Å². The van der Waals surface area contributed by atoms with Gasteiger partial charge in [-0.2, -0.15) is 0 Å². The highest BCUT2D eigenvalue weighted by Crippen LogP contribution is 2.55. The van der Waals surface area contributed by atoms with Gasteiger partial charge in [-0.05, 0) is 41.3 Å². The summed E-state index contributed by atoms with van der Waals surface area (Å²) in [5.41, 5.74) is -0.134.